The summed E-state index contributed by atoms with van der Waals surface area (Å²) in [5, 5.41) is 3.58. The zero-order chi connectivity index (χ0) is 12.1. The SMILES string of the molecule is CCC(C)(C)CNC(C)CC(C)(C)OC. The lowest BCUT2D eigenvalue weighted by Crippen LogP contribution is -2.39. The van der Waals surface area contributed by atoms with Gasteiger partial charge in [0.05, 0.1) is 5.60 Å². The van der Waals surface area contributed by atoms with Gasteiger partial charge < -0.3 is 10.1 Å². The smallest absolute Gasteiger partial charge is 0.0637 e. The summed E-state index contributed by atoms with van der Waals surface area (Å²) < 4.78 is 5.43. The molecule has 1 atom stereocenters. The number of ether oxygens (including phenoxy) is 1. The molecule has 0 fully saturated rings. The number of methoxy groups -OCH3 is 1. The molecule has 0 radical (unpaired) electrons. The third-order valence-corrected chi connectivity index (χ3v) is 3.24. The van der Waals surface area contributed by atoms with E-state index in [1.165, 1.54) is 6.42 Å². The number of rotatable bonds is 7. The zero-order valence-corrected chi connectivity index (χ0v) is 11.6. The van der Waals surface area contributed by atoms with Crippen LogP contribution in [-0.4, -0.2) is 25.3 Å². The first-order chi connectivity index (χ1) is 6.72. The Bertz CT molecular complexity index is 175. The molecule has 0 bridgehead atoms. The molecular formula is C13H29NO. The van der Waals surface area contributed by atoms with Gasteiger partial charge in [-0.25, -0.2) is 0 Å². The Morgan fingerprint density at radius 1 is 1.20 bits per heavy atom. The van der Waals surface area contributed by atoms with Crippen molar-refractivity contribution in [3.05, 3.63) is 0 Å². The van der Waals surface area contributed by atoms with Gasteiger partial charge in [0.2, 0.25) is 0 Å². The van der Waals surface area contributed by atoms with Crippen LogP contribution in [-0.2, 0) is 4.74 Å². The number of hydrogen-bond donors (Lipinski definition) is 1. The van der Waals surface area contributed by atoms with Crippen molar-refractivity contribution in [3.8, 4) is 0 Å². The molecule has 0 saturated heterocycles. The Morgan fingerprint density at radius 3 is 2.13 bits per heavy atom. The van der Waals surface area contributed by atoms with Crippen molar-refractivity contribution in [1.82, 2.24) is 5.32 Å². The molecule has 0 rings (SSSR count). The van der Waals surface area contributed by atoms with E-state index >= 15 is 0 Å². The first kappa shape index (κ1) is 14.9. The Hall–Kier alpha value is -0.0800. The van der Waals surface area contributed by atoms with E-state index in [9.17, 15) is 0 Å². The lowest BCUT2D eigenvalue weighted by Gasteiger charge is -2.30. The standard InChI is InChI=1S/C13H29NO/c1-8-12(3,4)10-14-11(2)9-13(5,6)15-7/h11,14H,8-10H2,1-7H3. The average Bonchev–Trinajstić information content (AvgIpc) is 2.15. The third-order valence-electron chi connectivity index (χ3n) is 3.24. The maximum absolute atomic E-state index is 5.43. The van der Waals surface area contributed by atoms with Crippen molar-refractivity contribution in [2.45, 2.75) is 66.0 Å². The van der Waals surface area contributed by atoms with Gasteiger partial charge in [-0.05, 0) is 39.0 Å². The van der Waals surface area contributed by atoms with Gasteiger partial charge in [0, 0.05) is 19.7 Å². The summed E-state index contributed by atoms with van der Waals surface area (Å²) in [6, 6.07) is 0.505. The van der Waals surface area contributed by atoms with Gasteiger partial charge in [0.25, 0.3) is 0 Å². The molecule has 0 heterocycles. The number of nitrogens with one attached hydrogen (secondary N) is 1. The highest BCUT2D eigenvalue weighted by molar-refractivity contribution is 4.78. The molecule has 0 aromatic rings. The summed E-state index contributed by atoms with van der Waals surface area (Å²) >= 11 is 0. The van der Waals surface area contributed by atoms with Crippen LogP contribution in [0.25, 0.3) is 0 Å². The van der Waals surface area contributed by atoms with Crippen molar-refractivity contribution < 1.29 is 4.74 Å². The van der Waals surface area contributed by atoms with Gasteiger partial charge >= 0.3 is 0 Å². The van der Waals surface area contributed by atoms with Crippen LogP contribution < -0.4 is 5.32 Å². The monoisotopic (exact) mass is 215 g/mol. The molecule has 15 heavy (non-hydrogen) atoms. The second kappa shape index (κ2) is 5.86. The Kier molecular flexibility index (Phi) is 5.82. The van der Waals surface area contributed by atoms with Crippen molar-refractivity contribution in [2.75, 3.05) is 13.7 Å². The molecule has 1 unspecified atom stereocenters. The van der Waals surface area contributed by atoms with Crippen molar-refractivity contribution in [1.29, 1.82) is 0 Å². The molecule has 92 valence electrons. The molecule has 0 aromatic heterocycles. The second-order valence-corrected chi connectivity index (χ2v) is 5.97. The van der Waals surface area contributed by atoms with Crippen LogP contribution in [0.2, 0.25) is 0 Å². The van der Waals surface area contributed by atoms with Crippen LogP contribution in [0.4, 0.5) is 0 Å². The summed E-state index contributed by atoms with van der Waals surface area (Å²) in [4.78, 5) is 0. The molecule has 0 saturated carbocycles. The van der Waals surface area contributed by atoms with E-state index in [4.69, 9.17) is 4.74 Å². The van der Waals surface area contributed by atoms with Gasteiger partial charge in [-0.1, -0.05) is 20.8 Å². The van der Waals surface area contributed by atoms with Crippen LogP contribution in [0.1, 0.15) is 54.4 Å². The maximum Gasteiger partial charge on any atom is 0.0637 e. The topological polar surface area (TPSA) is 21.3 Å². The van der Waals surface area contributed by atoms with Crippen LogP contribution >= 0.6 is 0 Å². The minimum Gasteiger partial charge on any atom is -0.379 e. The third kappa shape index (κ3) is 6.91. The van der Waals surface area contributed by atoms with E-state index < -0.39 is 0 Å². The quantitative estimate of drug-likeness (QED) is 0.704. The summed E-state index contributed by atoms with van der Waals surface area (Å²) in [5.41, 5.74) is 0.369. The average molecular weight is 215 g/mol. The summed E-state index contributed by atoms with van der Waals surface area (Å²) in [7, 11) is 1.78. The molecule has 0 aliphatic rings. The Labute approximate surface area is 95.8 Å². The Balaban J connectivity index is 3.90. The molecule has 2 nitrogen and oxygen atoms in total. The van der Waals surface area contributed by atoms with Crippen molar-refractivity contribution >= 4 is 0 Å². The van der Waals surface area contributed by atoms with E-state index in [0.717, 1.165) is 13.0 Å². The van der Waals surface area contributed by atoms with Crippen molar-refractivity contribution in [3.63, 3.8) is 0 Å². The van der Waals surface area contributed by atoms with Gasteiger partial charge in [-0.2, -0.15) is 0 Å². The highest BCUT2D eigenvalue weighted by Crippen LogP contribution is 2.20. The van der Waals surface area contributed by atoms with E-state index in [1.807, 2.05) is 0 Å². The minimum absolute atomic E-state index is 0.0250. The first-order valence-corrected chi connectivity index (χ1v) is 6.01. The molecule has 0 aliphatic heterocycles. The maximum atomic E-state index is 5.43. The van der Waals surface area contributed by atoms with Gasteiger partial charge in [0.15, 0.2) is 0 Å². The molecule has 0 aliphatic carbocycles. The van der Waals surface area contributed by atoms with Crippen LogP contribution in [0.15, 0.2) is 0 Å². The minimum atomic E-state index is -0.0250. The summed E-state index contributed by atoms with van der Waals surface area (Å²) in [6.07, 6.45) is 2.25. The van der Waals surface area contributed by atoms with Crippen LogP contribution in [0.5, 0.6) is 0 Å². The van der Waals surface area contributed by atoms with Crippen LogP contribution in [0, 0.1) is 5.41 Å². The molecule has 1 N–H and O–H groups in total. The second-order valence-electron chi connectivity index (χ2n) is 5.97. The molecule has 2 heteroatoms. The zero-order valence-electron chi connectivity index (χ0n) is 11.6. The lowest BCUT2D eigenvalue weighted by atomic mass is 9.89. The normalized spacial score (nSPS) is 15.4. The van der Waals surface area contributed by atoms with Gasteiger partial charge in [-0.15, -0.1) is 0 Å². The number of hydrogen-bond acceptors (Lipinski definition) is 2. The summed E-state index contributed by atoms with van der Waals surface area (Å²) in [6.45, 7) is 14.4. The van der Waals surface area contributed by atoms with Gasteiger partial charge in [-0.3, -0.25) is 0 Å². The van der Waals surface area contributed by atoms with Crippen LogP contribution in [0.3, 0.4) is 0 Å². The predicted octanol–water partition coefficient (Wildman–Crippen LogP) is 3.22. The first-order valence-electron chi connectivity index (χ1n) is 6.01. The lowest BCUT2D eigenvalue weighted by molar-refractivity contribution is 0.00785. The highest BCUT2D eigenvalue weighted by Gasteiger charge is 2.22. The predicted molar refractivity (Wildman–Crippen MR) is 67.2 cm³/mol. The fourth-order valence-electron chi connectivity index (χ4n) is 1.47. The highest BCUT2D eigenvalue weighted by atomic mass is 16.5. The van der Waals surface area contributed by atoms with E-state index in [1.54, 1.807) is 7.11 Å². The molecule has 0 amide bonds. The van der Waals surface area contributed by atoms with E-state index in [2.05, 4.69) is 46.9 Å². The van der Waals surface area contributed by atoms with Crippen molar-refractivity contribution in [2.24, 2.45) is 5.41 Å². The van der Waals surface area contributed by atoms with E-state index in [0.29, 0.717) is 11.5 Å². The van der Waals surface area contributed by atoms with Gasteiger partial charge in [0.1, 0.15) is 0 Å². The largest absolute Gasteiger partial charge is 0.379 e. The van der Waals surface area contributed by atoms with E-state index in [-0.39, 0.29) is 5.60 Å². The molecule has 0 aromatic carbocycles. The summed E-state index contributed by atoms with van der Waals surface area (Å²) in [5.74, 6) is 0. The fraction of sp³-hybridized carbons (Fsp3) is 1.00. The molecule has 0 spiro atoms. The fourth-order valence-corrected chi connectivity index (χ4v) is 1.47. The Morgan fingerprint density at radius 2 is 1.73 bits per heavy atom. The molecular weight excluding hydrogens is 186 g/mol.